The summed E-state index contributed by atoms with van der Waals surface area (Å²) in [4.78, 5) is 0. The summed E-state index contributed by atoms with van der Waals surface area (Å²) in [7, 11) is 0. The number of nitrogens with one attached hydrogen (secondary N) is 1. The number of benzene rings is 1. The predicted molar refractivity (Wildman–Crippen MR) is 77.8 cm³/mol. The molecule has 0 amide bonds. The molecule has 0 bridgehead atoms. The highest BCUT2D eigenvalue weighted by Gasteiger charge is 2.21. The Balaban J connectivity index is 2.46. The van der Waals surface area contributed by atoms with Gasteiger partial charge >= 0.3 is 0 Å². The predicted octanol–water partition coefficient (Wildman–Crippen LogP) is 2.95. The van der Waals surface area contributed by atoms with Crippen molar-refractivity contribution in [2.24, 2.45) is 5.84 Å². The Morgan fingerprint density at radius 3 is 2.85 bits per heavy atom. The monoisotopic (exact) mass is 296 g/mol. The lowest BCUT2D eigenvalue weighted by Crippen LogP contribution is -2.31. The van der Waals surface area contributed by atoms with Crippen LogP contribution >= 0.6 is 11.6 Å². The van der Waals surface area contributed by atoms with Crippen LogP contribution in [0.3, 0.4) is 0 Å². The maximum atomic E-state index is 13.7. The Bertz CT molecular complexity index is 597. The largest absolute Gasteiger partial charge is 0.271 e. The Labute approximate surface area is 122 Å². The lowest BCUT2D eigenvalue weighted by Gasteiger charge is -2.19. The molecule has 1 heterocycles. The SMILES string of the molecule is CCCn1ncc(Cl)c1C(NN)c1ccc(C)c(F)c1. The Morgan fingerprint density at radius 1 is 1.50 bits per heavy atom. The van der Waals surface area contributed by atoms with Crippen LogP contribution in [0.4, 0.5) is 4.39 Å². The zero-order valence-electron chi connectivity index (χ0n) is 11.5. The van der Waals surface area contributed by atoms with Crippen molar-refractivity contribution in [1.29, 1.82) is 0 Å². The highest BCUT2D eigenvalue weighted by Crippen LogP contribution is 2.28. The molecule has 1 atom stereocenters. The van der Waals surface area contributed by atoms with Gasteiger partial charge in [-0.25, -0.2) is 9.82 Å². The Kier molecular flexibility index (Phi) is 4.75. The summed E-state index contributed by atoms with van der Waals surface area (Å²) in [5, 5.41) is 4.75. The van der Waals surface area contributed by atoms with Crippen LogP contribution in [-0.2, 0) is 6.54 Å². The molecule has 0 saturated carbocycles. The minimum atomic E-state index is -0.397. The van der Waals surface area contributed by atoms with Gasteiger partial charge in [0.25, 0.3) is 0 Å². The van der Waals surface area contributed by atoms with Gasteiger partial charge in [0, 0.05) is 6.54 Å². The number of hydrogen-bond donors (Lipinski definition) is 2. The number of hydrazine groups is 1. The number of nitrogens with zero attached hydrogens (tertiary/aromatic N) is 2. The van der Waals surface area contributed by atoms with E-state index in [0.717, 1.165) is 24.2 Å². The summed E-state index contributed by atoms with van der Waals surface area (Å²) in [5.74, 6) is 5.38. The number of nitrogens with two attached hydrogens (primary N) is 1. The average Bonchev–Trinajstić information content (AvgIpc) is 2.77. The topological polar surface area (TPSA) is 55.9 Å². The van der Waals surface area contributed by atoms with Gasteiger partial charge in [0.1, 0.15) is 5.82 Å². The van der Waals surface area contributed by atoms with Crippen LogP contribution in [0.15, 0.2) is 24.4 Å². The lowest BCUT2D eigenvalue weighted by atomic mass is 10.0. The first-order valence-corrected chi connectivity index (χ1v) is 6.89. The maximum absolute atomic E-state index is 13.7. The van der Waals surface area contributed by atoms with E-state index in [9.17, 15) is 4.39 Å². The van der Waals surface area contributed by atoms with E-state index in [1.54, 1.807) is 23.9 Å². The van der Waals surface area contributed by atoms with Crippen LogP contribution in [0.5, 0.6) is 0 Å². The molecule has 1 aromatic carbocycles. The van der Waals surface area contributed by atoms with Crippen LogP contribution in [-0.4, -0.2) is 9.78 Å². The van der Waals surface area contributed by atoms with Crippen LogP contribution in [0.1, 0.15) is 36.2 Å². The molecule has 20 heavy (non-hydrogen) atoms. The molecular formula is C14H18ClFN4. The highest BCUT2D eigenvalue weighted by molar-refractivity contribution is 6.31. The molecule has 1 unspecified atom stereocenters. The van der Waals surface area contributed by atoms with Gasteiger partial charge in [-0.3, -0.25) is 10.5 Å². The van der Waals surface area contributed by atoms with E-state index < -0.39 is 6.04 Å². The van der Waals surface area contributed by atoms with Gasteiger partial charge in [0.15, 0.2) is 0 Å². The maximum Gasteiger partial charge on any atom is 0.126 e. The van der Waals surface area contributed by atoms with Gasteiger partial charge in [-0.05, 0) is 30.5 Å². The second-order valence-corrected chi connectivity index (χ2v) is 5.12. The zero-order valence-corrected chi connectivity index (χ0v) is 12.3. The lowest BCUT2D eigenvalue weighted by molar-refractivity contribution is 0.518. The summed E-state index contributed by atoms with van der Waals surface area (Å²) in [6.07, 6.45) is 2.51. The van der Waals surface area contributed by atoms with Crippen LogP contribution in [0.25, 0.3) is 0 Å². The fourth-order valence-corrected chi connectivity index (χ4v) is 2.42. The third kappa shape index (κ3) is 2.85. The summed E-state index contributed by atoms with van der Waals surface area (Å²) < 4.78 is 15.5. The fourth-order valence-electron chi connectivity index (χ4n) is 2.17. The van der Waals surface area contributed by atoms with Crippen molar-refractivity contribution in [1.82, 2.24) is 15.2 Å². The average molecular weight is 297 g/mol. The number of hydrogen-bond acceptors (Lipinski definition) is 3. The van der Waals surface area contributed by atoms with E-state index in [-0.39, 0.29) is 5.82 Å². The van der Waals surface area contributed by atoms with Crippen LogP contribution in [0.2, 0.25) is 5.02 Å². The van der Waals surface area contributed by atoms with E-state index in [1.165, 1.54) is 6.07 Å². The van der Waals surface area contributed by atoms with Gasteiger partial charge in [0.2, 0.25) is 0 Å². The summed E-state index contributed by atoms with van der Waals surface area (Å²) >= 11 is 6.20. The van der Waals surface area contributed by atoms with Crippen LogP contribution in [0, 0.1) is 12.7 Å². The van der Waals surface area contributed by atoms with Gasteiger partial charge in [-0.15, -0.1) is 0 Å². The van der Waals surface area contributed by atoms with Crippen molar-refractivity contribution in [2.75, 3.05) is 0 Å². The molecule has 2 rings (SSSR count). The van der Waals surface area contributed by atoms with Gasteiger partial charge in [0.05, 0.1) is 23.0 Å². The zero-order chi connectivity index (χ0) is 14.7. The summed E-state index contributed by atoms with van der Waals surface area (Å²) in [6.45, 7) is 4.50. The summed E-state index contributed by atoms with van der Waals surface area (Å²) in [5.41, 5.74) is 4.76. The second-order valence-electron chi connectivity index (χ2n) is 4.71. The Morgan fingerprint density at radius 2 is 2.25 bits per heavy atom. The minimum Gasteiger partial charge on any atom is -0.271 e. The van der Waals surface area contributed by atoms with Crippen molar-refractivity contribution in [2.45, 2.75) is 32.9 Å². The van der Waals surface area contributed by atoms with Gasteiger partial charge in [-0.2, -0.15) is 5.10 Å². The van der Waals surface area contributed by atoms with E-state index >= 15 is 0 Å². The van der Waals surface area contributed by atoms with Gasteiger partial charge in [-0.1, -0.05) is 30.7 Å². The molecule has 108 valence electrons. The summed E-state index contributed by atoms with van der Waals surface area (Å²) in [6, 6.07) is 4.64. The molecule has 0 aliphatic rings. The van der Waals surface area contributed by atoms with E-state index in [1.807, 2.05) is 6.07 Å². The number of aryl methyl sites for hydroxylation is 2. The normalized spacial score (nSPS) is 12.7. The molecule has 6 heteroatoms. The molecule has 0 fully saturated rings. The van der Waals surface area contributed by atoms with Crippen molar-refractivity contribution in [3.8, 4) is 0 Å². The van der Waals surface area contributed by atoms with Gasteiger partial charge < -0.3 is 0 Å². The molecule has 4 nitrogen and oxygen atoms in total. The molecule has 2 aromatic rings. The minimum absolute atomic E-state index is 0.263. The second kappa shape index (κ2) is 6.35. The third-order valence-corrected chi connectivity index (χ3v) is 3.53. The molecule has 0 aliphatic heterocycles. The molecule has 0 aliphatic carbocycles. The number of aromatic nitrogens is 2. The van der Waals surface area contributed by atoms with Crippen molar-refractivity contribution in [3.05, 3.63) is 52.1 Å². The molecule has 1 aromatic heterocycles. The van der Waals surface area contributed by atoms with Crippen molar-refractivity contribution < 1.29 is 4.39 Å². The fraction of sp³-hybridized carbons (Fsp3) is 0.357. The first-order chi connectivity index (χ1) is 9.58. The quantitative estimate of drug-likeness (QED) is 0.659. The van der Waals surface area contributed by atoms with E-state index in [0.29, 0.717) is 10.6 Å². The first kappa shape index (κ1) is 15.0. The smallest absolute Gasteiger partial charge is 0.126 e. The van der Waals surface area contributed by atoms with Crippen molar-refractivity contribution in [3.63, 3.8) is 0 Å². The standard InChI is InChI=1S/C14H18ClFN4/c1-3-6-20-14(11(15)8-18-20)13(19-17)10-5-4-9(2)12(16)7-10/h4-5,7-8,13,19H,3,6,17H2,1-2H3. The van der Waals surface area contributed by atoms with E-state index in [4.69, 9.17) is 17.4 Å². The van der Waals surface area contributed by atoms with E-state index in [2.05, 4.69) is 17.4 Å². The molecule has 0 spiro atoms. The third-order valence-electron chi connectivity index (χ3n) is 3.24. The molecule has 0 saturated heterocycles. The number of rotatable bonds is 5. The highest BCUT2D eigenvalue weighted by atomic mass is 35.5. The molecular weight excluding hydrogens is 279 g/mol. The van der Waals surface area contributed by atoms with Crippen LogP contribution < -0.4 is 11.3 Å². The molecule has 0 radical (unpaired) electrons. The Hall–Kier alpha value is -1.43. The number of halogens is 2. The first-order valence-electron chi connectivity index (χ1n) is 6.51. The van der Waals surface area contributed by atoms with Crippen molar-refractivity contribution >= 4 is 11.6 Å². The molecule has 3 N–H and O–H groups in total.